The average molecular weight is 421 g/mol. The summed E-state index contributed by atoms with van der Waals surface area (Å²) in [5, 5.41) is 5.31. The van der Waals surface area contributed by atoms with Crippen LogP contribution in [0.15, 0.2) is 48.5 Å². The highest BCUT2D eigenvalue weighted by molar-refractivity contribution is 7.92. The zero-order chi connectivity index (χ0) is 21.6. The maximum absolute atomic E-state index is 14.2. The number of benzene rings is 2. The van der Waals surface area contributed by atoms with Gasteiger partial charge in [-0.3, -0.25) is 13.9 Å². The van der Waals surface area contributed by atoms with E-state index in [4.69, 9.17) is 0 Å². The Bertz CT molecular complexity index is 995. The van der Waals surface area contributed by atoms with Crippen LogP contribution in [0.4, 0.5) is 15.8 Å². The highest BCUT2D eigenvalue weighted by atomic mass is 32.2. The van der Waals surface area contributed by atoms with Crippen LogP contribution in [0.25, 0.3) is 0 Å². The molecule has 0 heterocycles. The number of para-hydroxylation sites is 2. The van der Waals surface area contributed by atoms with Crippen LogP contribution in [0, 0.1) is 5.82 Å². The van der Waals surface area contributed by atoms with Gasteiger partial charge in [-0.25, -0.2) is 12.8 Å². The molecule has 9 heteroatoms. The molecule has 0 saturated heterocycles. The molecule has 2 aromatic carbocycles. The summed E-state index contributed by atoms with van der Waals surface area (Å²) in [5.74, 6) is -1.82. The molecule has 29 heavy (non-hydrogen) atoms. The molecule has 156 valence electrons. The van der Waals surface area contributed by atoms with Gasteiger partial charge in [0.2, 0.25) is 15.9 Å². The van der Waals surface area contributed by atoms with Crippen LogP contribution in [-0.2, 0) is 14.8 Å². The number of nitrogens with zero attached hydrogens (tertiary/aromatic N) is 1. The number of rotatable bonds is 8. The Balaban J connectivity index is 2.32. The minimum atomic E-state index is -3.96. The van der Waals surface area contributed by atoms with E-state index in [0.717, 1.165) is 23.0 Å². The van der Waals surface area contributed by atoms with E-state index in [1.807, 2.05) is 6.92 Å². The Labute approximate surface area is 170 Å². The lowest BCUT2D eigenvalue weighted by atomic mass is 10.1. The SMILES string of the molecule is CCCNC(=O)c1ccccc1NC(=O)[C@H](C)N(c1ccccc1F)S(C)(=O)=O. The number of amides is 2. The summed E-state index contributed by atoms with van der Waals surface area (Å²) < 4.78 is 39.5. The smallest absolute Gasteiger partial charge is 0.253 e. The predicted molar refractivity (Wildman–Crippen MR) is 111 cm³/mol. The largest absolute Gasteiger partial charge is 0.352 e. The Morgan fingerprint density at radius 1 is 1.10 bits per heavy atom. The molecule has 0 aliphatic carbocycles. The average Bonchev–Trinajstić information content (AvgIpc) is 2.67. The summed E-state index contributed by atoms with van der Waals surface area (Å²) in [7, 11) is -3.96. The summed E-state index contributed by atoms with van der Waals surface area (Å²) in [6.07, 6.45) is 1.65. The Morgan fingerprint density at radius 3 is 2.34 bits per heavy atom. The van der Waals surface area contributed by atoms with Gasteiger partial charge in [-0.2, -0.15) is 0 Å². The van der Waals surface area contributed by atoms with E-state index in [-0.39, 0.29) is 22.8 Å². The first-order chi connectivity index (χ1) is 13.7. The Hall–Kier alpha value is -2.94. The number of hydrogen-bond acceptors (Lipinski definition) is 4. The monoisotopic (exact) mass is 421 g/mol. The second kappa shape index (κ2) is 9.51. The van der Waals surface area contributed by atoms with Gasteiger partial charge in [0.15, 0.2) is 0 Å². The second-order valence-electron chi connectivity index (χ2n) is 6.48. The summed E-state index contributed by atoms with van der Waals surface area (Å²) in [6, 6.07) is 10.4. The number of anilines is 2. The molecule has 0 aliphatic rings. The third kappa shape index (κ3) is 5.54. The van der Waals surface area contributed by atoms with Crippen LogP contribution in [0.1, 0.15) is 30.6 Å². The number of hydrogen-bond donors (Lipinski definition) is 2. The van der Waals surface area contributed by atoms with E-state index < -0.39 is 27.8 Å². The highest BCUT2D eigenvalue weighted by Gasteiger charge is 2.31. The van der Waals surface area contributed by atoms with Crippen LogP contribution < -0.4 is 14.9 Å². The van der Waals surface area contributed by atoms with Crippen LogP contribution in [-0.4, -0.2) is 39.1 Å². The first-order valence-corrected chi connectivity index (χ1v) is 10.9. The third-order valence-electron chi connectivity index (χ3n) is 4.14. The molecule has 0 radical (unpaired) electrons. The van der Waals surface area contributed by atoms with Gasteiger partial charge in [0.05, 0.1) is 23.2 Å². The van der Waals surface area contributed by atoms with Crippen molar-refractivity contribution in [1.82, 2.24) is 5.32 Å². The Morgan fingerprint density at radius 2 is 1.72 bits per heavy atom. The van der Waals surface area contributed by atoms with Crippen molar-refractivity contribution in [3.05, 3.63) is 59.9 Å². The molecular weight excluding hydrogens is 397 g/mol. The molecule has 2 rings (SSSR count). The molecule has 0 unspecified atom stereocenters. The fourth-order valence-corrected chi connectivity index (χ4v) is 3.95. The fourth-order valence-electron chi connectivity index (χ4n) is 2.77. The lowest BCUT2D eigenvalue weighted by Gasteiger charge is -2.28. The molecule has 0 aliphatic heterocycles. The van der Waals surface area contributed by atoms with Crippen molar-refractivity contribution in [1.29, 1.82) is 0 Å². The number of carbonyl (C=O) groups is 2. The van der Waals surface area contributed by atoms with Crippen LogP contribution in [0.5, 0.6) is 0 Å². The zero-order valence-electron chi connectivity index (χ0n) is 16.5. The Kier molecular flexibility index (Phi) is 7.33. The van der Waals surface area contributed by atoms with Crippen LogP contribution in [0.2, 0.25) is 0 Å². The number of carbonyl (C=O) groups excluding carboxylic acids is 2. The van der Waals surface area contributed by atoms with Gasteiger partial charge in [-0.1, -0.05) is 31.2 Å². The molecule has 0 spiro atoms. The molecule has 2 amide bonds. The van der Waals surface area contributed by atoms with E-state index in [9.17, 15) is 22.4 Å². The van der Waals surface area contributed by atoms with Crippen LogP contribution >= 0.6 is 0 Å². The highest BCUT2D eigenvalue weighted by Crippen LogP contribution is 2.25. The number of nitrogens with one attached hydrogen (secondary N) is 2. The normalized spacial score (nSPS) is 12.1. The number of halogens is 1. The molecule has 0 bridgehead atoms. The minimum Gasteiger partial charge on any atom is -0.352 e. The van der Waals surface area contributed by atoms with E-state index in [2.05, 4.69) is 10.6 Å². The van der Waals surface area contributed by atoms with E-state index in [0.29, 0.717) is 6.54 Å². The molecule has 1 atom stereocenters. The van der Waals surface area contributed by atoms with Gasteiger partial charge in [0, 0.05) is 6.54 Å². The molecule has 0 fully saturated rings. The zero-order valence-corrected chi connectivity index (χ0v) is 17.3. The van der Waals surface area contributed by atoms with Gasteiger partial charge >= 0.3 is 0 Å². The van der Waals surface area contributed by atoms with Gasteiger partial charge in [-0.05, 0) is 37.6 Å². The summed E-state index contributed by atoms with van der Waals surface area (Å²) in [4.78, 5) is 25.1. The van der Waals surface area contributed by atoms with Gasteiger partial charge in [0.1, 0.15) is 11.9 Å². The lowest BCUT2D eigenvalue weighted by Crippen LogP contribution is -2.46. The standard InChI is InChI=1S/C20H24FN3O4S/c1-4-13-22-20(26)15-9-5-7-11-17(15)23-19(25)14(2)24(29(3,27)28)18-12-8-6-10-16(18)21/h5-12,14H,4,13H2,1-3H3,(H,22,26)(H,23,25)/t14-/m0/s1. The maximum Gasteiger partial charge on any atom is 0.253 e. The van der Waals surface area contributed by atoms with Gasteiger partial charge in [0.25, 0.3) is 5.91 Å². The minimum absolute atomic E-state index is 0.230. The quantitative estimate of drug-likeness (QED) is 0.685. The first kappa shape index (κ1) is 22.4. The van der Waals surface area contributed by atoms with E-state index in [1.165, 1.54) is 25.1 Å². The maximum atomic E-state index is 14.2. The van der Waals surface area contributed by atoms with Crippen molar-refractivity contribution in [2.24, 2.45) is 0 Å². The lowest BCUT2D eigenvalue weighted by molar-refractivity contribution is -0.116. The number of sulfonamides is 1. The topological polar surface area (TPSA) is 95.6 Å². The summed E-state index contributed by atoms with van der Waals surface area (Å²) >= 11 is 0. The van der Waals surface area contributed by atoms with Crippen molar-refractivity contribution in [3.8, 4) is 0 Å². The molecule has 0 aromatic heterocycles. The van der Waals surface area contributed by atoms with Crippen molar-refractivity contribution < 1.29 is 22.4 Å². The fraction of sp³-hybridized carbons (Fsp3) is 0.300. The van der Waals surface area contributed by atoms with Crippen LogP contribution in [0.3, 0.4) is 0 Å². The molecule has 2 aromatic rings. The third-order valence-corrected chi connectivity index (χ3v) is 5.37. The first-order valence-electron chi connectivity index (χ1n) is 9.08. The molecule has 7 nitrogen and oxygen atoms in total. The van der Waals surface area contributed by atoms with Gasteiger partial charge < -0.3 is 10.6 Å². The van der Waals surface area contributed by atoms with E-state index >= 15 is 0 Å². The van der Waals surface area contributed by atoms with E-state index in [1.54, 1.807) is 24.3 Å². The van der Waals surface area contributed by atoms with Crippen molar-refractivity contribution in [2.45, 2.75) is 26.3 Å². The van der Waals surface area contributed by atoms with Gasteiger partial charge in [-0.15, -0.1) is 0 Å². The second-order valence-corrected chi connectivity index (χ2v) is 8.34. The molecule has 2 N–H and O–H groups in total. The van der Waals surface area contributed by atoms with Crippen molar-refractivity contribution >= 4 is 33.2 Å². The molecular formula is C20H24FN3O4S. The summed E-state index contributed by atoms with van der Waals surface area (Å²) in [6.45, 7) is 3.74. The summed E-state index contributed by atoms with van der Waals surface area (Å²) in [5.41, 5.74) is 0.254. The van der Waals surface area contributed by atoms with Crippen molar-refractivity contribution in [2.75, 3.05) is 22.4 Å². The van der Waals surface area contributed by atoms with Crippen molar-refractivity contribution in [3.63, 3.8) is 0 Å². The molecule has 0 saturated carbocycles. The predicted octanol–water partition coefficient (Wildman–Crippen LogP) is 2.76.